The van der Waals surface area contributed by atoms with Gasteiger partial charge in [0.25, 0.3) is 0 Å². The minimum atomic E-state index is -0.378. The van der Waals surface area contributed by atoms with E-state index in [1.807, 2.05) is 14.1 Å². The van der Waals surface area contributed by atoms with Gasteiger partial charge in [-0.25, -0.2) is 4.79 Å². The average Bonchev–Trinajstić information content (AvgIpc) is 2.29. The van der Waals surface area contributed by atoms with E-state index in [1.54, 1.807) is 18.2 Å². The first-order chi connectivity index (χ1) is 8.04. The molecule has 0 fully saturated rings. The van der Waals surface area contributed by atoms with Crippen LogP contribution in [0.4, 0.5) is 11.4 Å². The van der Waals surface area contributed by atoms with Crippen LogP contribution in [-0.2, 0) is 4.74 Å². The maximum absolute atomic E-state index is 11.3. The Morgan fingerprint density at radius 2 is 2.18 bits per heavy atom. The quantitative estimate of drug-likeness (QED) is 0.591. The molecule has 94 valence electrons. The van der Waals surface area contributed by atoms with Crippen LogP contribution in [-0.4, -0.2) is 45.2 Å². The standard InChI is InChI=1S/C12H19N3O2/c1-15(2)7-6-14-11-5-4-9(8-10(11)13)12(16)17-3/h4-5,8,14H,6-7,13H2,1-3H3. The van der Waals surface area contributed by atoms with E-state index in [4.69, 9.17) is 5.73 Å². The fourth-order valence-electron chi connectivity index (χ4n) is 1.38. The molecule has 0 saturated carbocycles. The summed E-state index contributed by atoms with van der Waals surface area (Å²) >= 11 is 0. The molecule has 0 atom stereocenters. The van der Waals surface area contributed by atoms with Crippen molar-refractivity contribution in [2.45, 2.75) is 0 Å². The summed E-state index contributed by atoms with van der Waals surface area (Å²) in [6.07, 6.45) is 0. The molecule has 0 heterocycles. The minimum Gasteiger partial charge on any atom is -0.465 e. The number of esters is 1. The number of carbonyl (C=O) groups excluding carboxylic acids is 1. The van der Waals surface area contributed by atoms with Crippen molar-refractivity contribution in [2.24, 2.45) is 0 Å². The maximum atomic E-state index is 11.3. The van der Waals surface area contributed by atoms with Crippen molar-refractivity contribution in [2.75, 3.05) is 45.3 Å². The monoisotopic (exact) mass is 237 g/mol. The molecular weight excluding hydrogens is 218 g/mol. The van der Waals surface area contributed by atoms with Gasteiger partial charge in [-0.15, -0.1) is 0 Å². The molecule has 1 aromatic carbocycles. The number of nitrogen functional groups attached to an aromatic ring is 1. The van der Waals surface area contributed by atoms with Crippen LogP contribution >= 0.6 is 0 Å². The van der Waals surface area contributed by atoms with Gasteiger partial charge in [0.2, 0.25) is 0 Å². The van der Waals surface area contributed by atoms with Gasteiger partial charge in [-0.2, -0.15) is 0 Å². The van der Waals surface area contributed by atoms with E-state index in [0.717, 1.165) is 18.8 Å². The number of rotatable bonds is 5. The summed E-state index contributed by atoms with van der Waals surface area (Å²) in [5, 5.41) is 3.21. The third kappa shape index (κ3) is 3.96. The lowest BCUT2D eigenvalue weighted by molar-refractivity contribution is 0.0601. The Hall–Kier alpha value is -1.75. The van der Waals surface area contributed by atoms with E-state index < -0.39 is 0 Å². The van der Waals surface area contributed by atoms with Gasteiger partial charge in [0, 0.05) is 13.1 Å². The van der Waals surface area contributed by atoms with Crippen molar-refractivity contribution >= 4 is 17.3 Å². The summed E-state index contributed by atoms with van der Waals surface area (Å²) in [4.78, 5) is 13.4. The zero-order chi connectivity index (χ0) is 12.8. The number of likely N-dealkylation sites (N-methyl/N-ethyl adjacent to an activating group) is 1. The lowest BCUT2D eigenvalue weighted by Gasteiger charge is -2.13. The normalized spacial score (nSPS) is 10.4. The second-order valence-electron chi connectivity index (χ2n) is 4.02. The summed E-state index contributed by atoms with van der Waals surface area (Å²) in [5.74, 6) is -0.378. The highest BCUT2D eigenvalue weighted by Gasteiger charge is 2.07. The molecule has 0 radical (unpaired) electrons. The van der Waals surface area contributed by atoms with Crippen molar-refractivity contribution < 1.29 is 9.53 Å². The molecule has 0 aliphatic heterocycles. The molecule has 0 amide bonds. The molecule has 1 aromatic rings. The lowest BCUT2D eigenvalue weighted by Crippen LogP contribution is -2.21. The summed E-state index contributed by atoms with van der Waals surface area (Å²) in [6.45, 7) is 1.72. The number of ether oxygens (including phenoxy) is 1. The zero-order valence-corrected chi connectivity index (χ0v) is 10.5. The fraction of sp³-hybridized carbons (Fsp3) is 0.417. The molecule has 0 bridgehead atoms. The van der Waals surface area contributed by atoms with E-state index in [-0.39, 0.29) is 5.97 Å². The first-order valence-corrected chi connectivity index (χ1v) is 5.41. The number of nitrogens with zero attached hydrogens (tertiary/aromatic N) is 1. The highest BCUT2D eigenvalue weighted by atomic mass is 16.5. The SMILES string of the molecule is COC(=O)c1ccc(NCCN(C)C)c(N)c1. The summed E-state index contributed by atoms with van der Waals surface area (Å²) in [7, 11) is 5.36. The molecule has 17 heavy (non-hydrogen) atoms. The molecule has 5 nitrogen and oxygen atoms in total. The number of methoxy groups -OCH3 is 1. The van der Waals surface area contributed by atoms with E-state index in [9.17, 15) is 4.79 Å². The highest BCUT2D eigenvalue weighted by Crippen LogP contribution is 2.19. The van der Waals surface area contributed by atoms with Gasteiger partial charge in [0.1, 0.15) is 0 Å². The van der Waals surface area contributed by atoms with Gasteiger partial charge in [-0.3, -0.25) is 0 Å². The van der Waals surface area contributed by atoms with Gasteiger partial charge in [0.05, 0.1) is 24.0 Å². The topological polar surface area (TPSA) is 67.6 Å². The first kappa shape index (κ1) is 13.3. The number of nitrogens with one attached hydrogen (secondary N) is 1. The predicted octanol–water partition coefficient (Wildman–Crippen LogP) is 1.03. The van der Waals surface area contributed by atoms with Gasteiger partial charge in [0.15, 0.2) is 0 Å². The first-order valence-electron chi connectivity index (χ1n) is 5.41. The van der Waals surface area contributed by atoms with Crippen LogP contribution in [0, 0.1) is 0 Å². The molecule has 0 spiro atoms. The minimum absolute atomic E-state index is 0.378. The molecule has 1 rings (SSSR count). The highest BCUT2D eigenvalue weighted by molar-refractivity contribution is 5.91. The maximum Gasteiger partial charge on any atom is 0.337 e. The third-order valence-corrected chi connectivity index (χ3v) is 2.35. The van der Waals surface area contributed by atoms with Crippen LogP contribution in [0.2, 0.25) is 0 Å². The van der Waals surface area contributed by atoms with Crippen LogP contribution in [0.15, 0.2) is 18.2 Å². The second kappa shape index (κ2) is 6.10. The van der Waals surface area contributed by atoms with Gasteiger partial charge >= 0.3 is 5.97 Å². The van der Waals surface area contributed by atoms with Crippen LogP contribution in [0.5, 0.6) is 0 Å². The predicted molar refractivity (Wildman–Crippen MR) is 69.2 cm³/mol. The van der Waals surface area contributed by atoms with Crippen molar-refractivity contribution in [1.82, 2.24) is 4.90 Å². The number of nitrogens with two attached hydrogens (primary N) is 1. The summed E-state index contributed by atoms with van der Waals surface area (Å²) in [5.41, 5.74) is 7.69. The Balaban J connectivity index is 2.66. The van der Waals surface area contributed by atoms with Crippen LogP contribution in [0.25, 0.3) is 0 Å². The Morgan fingerprint density at radius 1 is 1.47 bits per heavy atom. The van der Waals surface area contributed by atoms with E-state index >= 15 is 0 Å². The fourth-order valence-corrected chi connectivity index (χ4v) is 1.38. The molecule has 5 heteroatoms. The van der Waals surface area contributed by atoms with E-state index in [1.165, 1.54) is 7.11 Å². The Kier molecular flexibility index (Phi) is 4.78. The number of hydrogen-bond acceptors (Lipinski definition) is 5. The van der Waals surface area contributed by atoms with Crippen LogP contribution in [0.1, 0.15) is 10.4 Å². The van der Waals surface area contributed by atoms with Crippen LogP contribution in [0.3, 0.4) is 0 Å². The zero-order valence-electron chi connectivity index (χ0n) is 10.5. The summed E-state index contributed by atoms with van der Waals surface area (Å²) < 4.78 is 4.62. The third-order valence-electron chi connectivity index (χ3n) is 2.35. The Morgan fingerprint density at radius 3 is 2.71 bits per heavy atom. The molecule has 3 N–H and O–H groups in total. The van der Waals surface area contributed by atoms with E-state index in [2.05, 4.69) is 15.0 Å². The largest absolute Gasteiger partial charge is 0.465 e. The number of hydrogen-bond donors (Lipinski definition) is 2. The molecule has 0 aliphatic rings. The second-order valence-corrected chi connectivity index (χ2v) is 4.02. The number of benzene rings is 1. The molecule has 0 aliphatic carbocycles. The number of anilines is 2. The molecule has 0 saturated heterocycles. The average molecular weight is 237 g/mol. The Labute approximate surface area is 102 Å². The molecular formula is C12H19N3O2. The number of carbonyl (C=O) groups is 1. The molecule has 0 unspecified atom stereocenters. The van der Waals surface area contributed by atoms with Gasteiger partial charge < -0.3 is 20.7 Å². The van der Waals surface area contributed by atoms with Crippen molar-refractivity contribution in [1.29, 1.82) is 0 Å². The van der Waals surface area contributed by atoms with E-state index in [0.29, 0.717) is 11.3 Å². The smallest absolute Gasteiger partial charge is 0.337 e. The summed E-state index contributed by atoms with van der Waals surface area (Å²) in [6, 6.07) is 5.10. The lowest BCUT2D eigenvalue weighted by atomic mass is 10.1. The Bertz CT molecular complexity index is 391. The van der Waals surface area contributed by atoms with Crippen LogP contribution < -0.4 is 11.1 Å². The van der Waals surface area contributed by atoms with Crippen molar-refractivity contribution in [3.63, 3.8) is 0 Å². The van der Waals surface area contributed by atoms with Gasteiger partial charge in [-0.1, -0.05) is 0 Å². The van der Waals surface area contributed by atoms with Gasteiger partial charge in [-0.05, 0) is 32.3 Å². The van der Waals surface area contributed by atoms with Crippen molar-refractivity contribution in [3.05, 3.63) is 23.8 Å². The molecule has 0 aromatic heterocycles. The van der Waals surface area contributed by atoms with Crippen molar-refractivity contribution in [3.8, 4) is 0 Å².